The number of phenols is 1. The predicted octanol–water partition coefficient (Wildman–Crippen LogP) is 6.18. The molecule has 0 spiro atoms. The lowest BCUT2D eigenvalue weighted by molar-refractivity contribution is -0.114. The quantitative estimate of drug-likeness (QED) is 0.0698. The average Bonchev–Trinajstić information content (AvgIpc) is 2.96. The van der Waals surface area contributed by atoms with Gasteiger partial charge in [-0.2, -0.15) is 13.5 Å². The fourth-order valence-corrected chi connectivity index (χ4v) is 5.34. The largest absolute Gasteiger partial charge is 0.505 e. The molecule has 17 heteroatoms. The monoisotopic (exact) mass is 657 g/mol. The molecule has 4 rings (SSSR count). The summed E-state index contributed by atoms with van der Waals surface area (Å²) in [6, 6.07) is 13.6. The van der Waals surface area contributed by atoms with Gasteiger partial charge in [-0.3, -0.25) is 13.9 Å². The van der Waals surface area contributed by atoms with Crippen molar-refractivity contribution in [1.82, 2.24) is 0 Å². The number of phenolic OH excluding ortho intramolecular Hbond substituents is 1. The van der Waals surface area contributed by atoms with E-state index < -0.39 is 34.0 Å². The highest BCUT2D eigenvalue weighted by Gasteiger charge is 2.23. The Bertz CT molecular complexity index is 1990. The summed E-state index contributed by atoms with van der Waals surface area (Å²) in [7, 11) is -9.40. The molecule has 45 heavy (non-hydrogen) atoms. The van der Waals surface area contributed by atoms with E-state index in [-0.39, 0.29) is 63.8 Å². The maximum absolute atomic E-state index is 12.3. The number of hydrogen-bond acceptors (Lipinski definition) is 11. The summed E-state index contributed by atoms with van der Waals surface area (Å²) in [4.78, 5) is 29.7. The lowest BCUT2D eigenvalue weighted by atomic mass is 10.1. The minimum Gasteiger partial charge on any atom is -0.505 e. The zero-order valence-corrected chi connectivity index (χ0v) is 25.8. The number of amides is 1. The number of anilines is 1. The van der Waals surface area contributed by atoms with E-state index >= 15 is 0 Å². The van der Waals surface area contributed by atoms with Crippen LogP contribution in [0.5, 0.6) is 17.2 Å². The standard InChI is InChI=1S/C28H28N5O10PS/c1-4-42-24-15-23(25(43-5-2)14-22(24)31-30-19-7-6-8-20(12-19)44(36,37)38)32-33-27-26(45(39,40)41)11-17-9-10-18(29-16(3)34)13-21(17)28(27)35/h6-15,35H,4-5H2,1-3H3,(H,29,34)(H2,36,37,38)(H,39,40,41). The average molecular weight is 658 g/mol. The molecule has 0 atom stereocenters. The van der Waals surface area contributed by atoms with Gasteiger partial charge >= 0.3 is 7.60 Å². The minimum atomic E-state index is -4.89. The van der Waals surface area contributed by atoms with E-state index in [1.165, 1.54) is 61.5 Å². The SMILES string of the molecule is CCOc1cc(N=Nc2c(S(=O)(=O)O)cc3ccc(NC(C)=O)cc3c2O)c(OCC)cc1N=Nc1cccc(P(=O)(O)O)c1. The number of fused-ring (bicyclic) bond motifs is 1. The highest BCUT2D eigenvalue weighted by Crippen LogP contribution is 2.45. The summed E-state index contributed by atoms with van der Waals surface area (Å²) >= 11 is 0. The maximum Gasteiger partial charge on any atom is 0.356 e. The first-order valence-electron chi connectivity index (χ1n) is 13.2. The Labute approximate surface area is 257 Å². The third-order valence-corrected chi connectivity index (χ3v) is 7.81. The smallest absolute Gasteiger partial charge is 0.356 e. The number of rotatable bonds is 11. The van der Waals surface area contributed by atoms with Crippen molar-refractivity contribution in [2.75, 3.05) is 18.5 Å². The van der Waals surface area contributed by atoms with Gasteiger partial charge in [0.2, 0.25) is 5.91 Å². The molecular formula is C28H28N5O10PS. The van der Waals surface area contributed by atoms with Crippen LogP contribution >= 0.6 is 7.60 Å². The lowest BCUT2D eigenvalue weighted by Gasteiger charge is -2.13. The van der Waals surface area contributed by atoms with Gasteiger partial charge in [0, 0.05) is 30.1 Å². The molecule has 0 saturated carbocycles. The molecule has 0 radical (unpaired) electrons. The molecule has 0 saturated heterocycles. The second kappa shape index (κ2) is 13.5. The van der Waals surface area contributed by atoms with E-state index in [1.807, 2.05) is 0 Å². The fraction of sp³-hybridized carbons (Fsp3) is 0.179. The van der Waals surface area contributed by atoms with Crippen molar-refractivity contribution in [2.24, 2.45) is 20.5 Å². The fourth-order valence-electron chi connectivity index (χ4n) is 4.10. The van der Waals surface area contributed by atoms with Gasteiger partial charge in [0.15, 0.2) is 5.75 Å². The van der Waals surface area contributed by atoms with Crippen molar-refractivity contribution < 1.29 is 46.7 Å². The van der Waals surface area contributed by atoms with E-state index in [1.54, 1.807) is 13.8 Å². The first-order valence-corrected chi connectivity index (χ1v) is 16.2. The molecule has 1 amide bonds. The van der Waals surface area contributed by atoms with Crippen LogP contribution in [-0.4, -0.2) is 47.0 Å². The van der Waals surface area contributed by atoms with Gasteiger partial charge in [-0.05, 0) is 55.6 Å². The van der Waals surface area contributed by atoms with E-state index in [0.29, 0.717) is 5.69 Å². The normalized spacial score (nSPS) is 12.2. The Morgan fingerprint density at radius 2 is 1.51 bits per heavy atom. The van der Waals surface area contributed by atoms with Crippen LogP contribution in [0.1, 0.15) is 20.8 Å². The van der Waals surface area contributed by atoms with Crippen LogP contribution < -0.4 is 20.1 Å². The van der Waals surface area contributed by atoms with Crippen molar-refractivity contribution in [3.8, 4) is 17.2 Å². The highest BCUT2D eigenvalue weighted by atomic mass is 32.2. The van der Waals surface area contributed by atoms with Gasteiger partial charge in [-0.15, -0.1) is 15.3 Å². The van der Waals surface area contributed by atoms with E-state index in [4.69, 9.17) is 9.47 Å². The number of nitrogens with one attached hydrogen (secondary N) is 1. The molecular weight excluding hydrogens is 629 g/mol. The van der Waals surface area contributed by atoms with E-state index in [0.717, 1.165) is 6.07 Å². The number of carbonyl (C=O) groups is 1. The lowest BCUT2D eigenvalue weighted by Crippen LogP contribution is -2.05. The number of aromatic hydroxyl groups is 1. The number of nitrogens with zero attached hydrogens (tertiary/aromatic N) is 4. The Kier molecular flexibility index (Phi) is 9.95. The summed E-state index contributed by atoms with van der Waals surface area (Å²) in [6.07, 6.45) is 0. The van der Waals surface area contributed by atoms with Crippen LogP contribution in [0.2, 0.25) is 0 Å². The van der Waals surface area contributed by atoms with Crippen LogP contribution in [0.15, 0.2) is 86.0 Å². The van der Waals surface area contributed by atoms with Gasteiger partial charge in [0.1, 0.15) is 33.5 Å². The molecule has 0 aliphatic carbocycles. The van der Waals surface area contributed by atoms with Crippen molar-refractivity contribution in [1.29, 1.82) is 0 Å². The third kappa shape index (κ3) is 8.06. The van der Waals surface area contributed by atoms with Crippen molar-refractivity contribution in [3.05, 3.63) is 60.7 Å². The molecule has 0 aliphatic rings. The molecule has 4 aromatic carbocycles. The van der Waals surface area contributed by atoms with E-state index in [2.05, 4.69) is 25.8 Å². The van der Waals surface area contributed by atoms with Gasteiger partial charge in [0.25, 0.3) is 10.1 Å². The van der Waals surface area contributed by atoms with Crippen molar-refractivity contribution >= 4 is 68.1 Å². The summed E-state index contributed by atoms with van der Waals surface area (Å²) in [5.41, 5.74) is 0.116. The summed E-state index contributed by atoms with van der Waals surface area (Å²) in [6.45, 7) is 5.07. The molecule has 0 fully saturated rings. The highest BCUT2D eigenvalue weighted by molar-refractivity contribution is 7.86. The van der Waals surface area contributed by atoms with Gasteiger partial charge < -0.3 is 29.7 Å². The molecule has 0 bridgehead atoms. The Morgan fingerprint density at radius 3 is 2.07 bits per heavy atom. The second-order valence-electron chi connectivity index (χ2n) is 9.28. The molecule has 0 aromatic heterocycles. The molecule has 0 heterocycles. The number of hydrogen-bond donors (Lipinski definition) is 5. The van der Waals surface area contributed by atoms with Gasteiger partial charge in [-0.1, -0.05) is 12.1 Å². The maximum atomic E-state index is 12.3. The zero-order valence-electron chi connectivity index (χ0n) is 24.1. The Hall–Kier alpha value is -4.73. The Morgan fingerprint density at radius 1 is 0.889 bits per heavy atom. The van der Waals surface area contributed by atoms with Crippen LogP contribution in [0.25, 0.3) is 10.8 Å². The van der Waals surface area contributed by atoms with Crippen LogP contribution in [0.4, 0.5) is 28.4 Å². The van der Waals surface area contributed by atoms with Crippen molar-refractivity contribution in [3.63, 3.8) is 0 Å². The van der Waals surface area contributed by atoms with Crippen LogP contribution in [-0.2, 0) is 19.5 Å². The third-order valence-electron chi connectivity index (χ3n) is 5.99. The first-order chi connectivity index (χ1) is 21.2. The predicted molar refractivity (Wildman–Crippen MR) is 165 cm³/mol. The zero-order chi connectivity index (χ0) is 32.9. The minimum absolute atomic E-state index is 0.0375. The molecule has 5 N–H and O–H groups in total. The van der Waals surface area contributed by atoms with Crippen LogP contribution in [0.3, 0.4) is 0 Å². The molecule has 0 unspecified atom stereocenters. The van der Waals surface area contributed by atoms with E-state index in [9.17, 15) is 37.2 Å². The molecule has 15 nitrogen and oxygen atoms in total. The summed E-state index contributed by atoms with van der Waals surface area (Å²) < 4.78 is 57.4. The number of ether oxygens (including phenoxy) is 2. The number of benzene rings is 4. The second-order valence-corrected chi connectivity index (χ2v) is 12.3. The molecule has 0 aliphatic heterocycles. The topological polar surface area (TPSA) is 229 Å². The van der Waals surface area contributed by atoms with Crippen molar-refractivity contribution in [2.45, 2.75) is 25.7 Å². The van der Waals surface area contributed by atoms with Gasteiger partial charge in [0.05, 0.1) is 24.2 Å². The number of azo groups is 2. The summed E-state index contributed by atoms with van der Waals surface area (Å²) in [5.74, 6) is -0.719. The van der Waals surface area contributed by atoms with Crippen LogP contribution in [0, 0.1) is 0 Å². The Balaban J connectivity index is 1.83. The number of carbonyl (C=O) groups excluding carboxylic acids is 1. The molecule has 236 valence electrons. The van der Waals surface area contributed by atoms with Gasteiger partial charge in [-0.25, -0.2) is 0 Å². The summed E-state index contributed by atoms with van der Waals surface area (Å²) in [5, 5.41) is 30.0. The molecule has 4 aromatic rings. The first kappa shape index (κ1) is 33.2.